The van der Waals surface area contributed by atoms with Gasteiger partial charge in [0, 0.05) is 67.3 Å². The van der Waals surface area contributed by atoms with Crippen LogP contribution in [-0.4, -0.2) is 105 Å². The molecule has 2 heterocycles. The lowest BCUT2D eigenvalue weighted by atomic mass is 10.2. The van der Waals surface area contributed by atoms with E-state index in [1.165, 1.54) is 12.7 Å². The van der Waals surface area contributed by atoms with E-state index in [4.69, 9.17) is 53.7 Å². The second-order valence-electron chi connectivity index (χ2n) is 8.58. The number of halogens is 3. The molecule has 1 N–H and O–H groups in total. The lowest BCUT2D eigenvalue weighted by Gasteiger charge is -2.13. The molecule has 18 heteroatoms. The van der Waals surface area contributed by atoms with Crippen LogP contribution < -0.4 is 24.5 Å². The standard InChI is InChI=1S/C14H17ClN2O4.C14H18N2O5.CH4.Cl2OS/c1-18-3-5-20-12-7-10-11(16-9-17-14(10)15)8-13(12)21-6-4-19-2;1-18-3-5-20-12-7-10-11(15-9-16-14(10)17)8-13(12)21-6-4-19-2;;1-4(2)3/h7-9H,3-6H2,1-2H3;7-9H,3-6H2,1-2H3,(H,15,16,17);1H4;. The van der Waals surface area contributed by atoms with Crippen molar-refractivity contribution in [2.45, 2.75) is 7.43 Å². The summed E-state index contributed by atoms with van der Waals surface area (Å²) in [7, 11) is 13.8. The van der Waals surface area contributed by atoms with Crippen molar-refractivity contribution in [1.82, 2.24) is 19.9 Å². The van der Waals surface area contributed by atoms with Crippen LogP contribution in [-0.2, 0) is 28.2 Å². The van der Waals surface area contributed by atoms with Crippen LogP contribution in [0.1, 0.15) is 7.43 Å². The minimum absolute atomic E-state index is 0. The fourth-order valence-electron chi connectivity index (χ4n) is 3.50. The molecule has 2 aromatic heterocycles. The normalized spacial score (nSPS) is 10.4. The van der Waals surface area contributed by atoms with Gasteiger partial charge in [-0.3, -0.25) is 4.79 Å². The molecule has 0 fully saturated rings. The molecule has 4 aromatic rings. The van der Waals surface area contributed by atoms with Gasteiger partial charge in [-0.2, -0.15) is 0 Å². The molecule has 0 spiro atoms. The van der Waals surface area contributed by atoms with E-state index >= 15 is 0 Å². The summed E-state index contributed by atoms with van der Waals surface area (Å²) in [5, 5.41) is 1.54. The Morgan fingerprint density at radius 2 is 1.02 bits per heavy atom. The number of aromatic nitrogens is 4. The third-order valence-electron chi connectivity index (χ3n) is 5.54. The molecule has 0 unspecified atom stereocenters. The van der Waals surface area contributed by atoms with Crippen molar-refractivity contribution >= 4 is 64.0 Å². The number of methoxy groups -OCH3 is 4. The first-order valence-electron chi connectivity index (χ1n) is 13.4. The first-order chi connectivity index (χ1) is 22.2. The molecule has 14 nitrogen and oxygen atoms in total. The predicted octanol–water partition coefficient (Wildman–Crippen LogP) is 4.99. The number of hydrogen-bond donors (Lipinski definition) is 1. The summed E-state index contributed by atoms with van der Waals surface area (Å²) in [6, 6.07) is 6.86. The monoisotopic (exact) mass is 740 g/mol. The Hall–Kier alpha value is -3.02. The van der Waals surface area contributed by atoms with Gasteiger partial charge in [-0.15, -0.1) is 0 Å². The summed E-state index contributed by atoms with van der Waals surface area (Å²) < 4.78 is 51.5. The van der Waals surface area contributed by atoms with Crippen molar-refractivity contribution in [1.29, 1.82) is 0 Å². The second kappa shape index (κ2) is 24.2. The fourth-order valence-corrected chi connectivity index (χ4v) is 3.69. The van der Waals surface area contributed by atoms with Gasteiger partial charge in [0.15, 0.2) is 23.0 Å². The Bertz CT molecular complexity index is 1560. The summed E-state index contributed by atoms with van der Waals surface area (Å²) in [5.41, 5.74) is 1.02. The largest absolute Gasteiger partial charge is 0.487 e. The predicted molar refractivity (Wildman–Crippen MR) is 183 cm³/mol. The average molecular weight is 742 g/mol. The van der Waals surface area contributed by atoms with E-state index in [2.05, 4.69) is 41.3 Å². The van der Waals surface area contributed by atoms with Crippen LogP contribution >= 0.6 is 33.0 Å². The topological polar surface area (TPSA) is 162 Å². The number of H-pyrrole nitrogens is 1. The molecular weight excluding hydrogens is 703 g/mol. The molecule has 4 rings (SSSR count). The summed E-state index contributed by atoms with van der Waals surface area (Å²) in [5.74, 6) is 2.17. The van der Waals surface area contributed by atoms with Crippen LogP contribution in [0.25, 0.3) is 21.8 Å². The first kappa shape index (κ1) is 42.0. The summed E-state index contributed by atoms with van der Waals surface area (Å²) in [4.78, 5) is 26.6. The van der Waals surface area contributed by atoms with Gasteiger partial charge >= 0.3 is 0 Å². The van der Waals surface area contributed by atoms with Crippen molar-refractivity contribution in [3.63, 3.8) is 0 Å². The van der Waals surface area contributed by atoms with Gasteiger partial charge in [-0.05, 0) is 12.1 Å². The van der Waals surface area contributed by atoms with Crippen molar-refractivity contribution in [2.24, 2.45) is 0 Å². The van der Waals surface area contributed by atoms with Crippen molar-refractivity contribution < 1.29 is 42.1 Å². The maximum atomic E-state index is 11.8. The number of nitrogens with zero attached hydrogens (tertiary/aromatic N) is 3. The molecule has 47 heavy (non-hydrogen) atoms. The molecule has 0 saturated carbocycles. The van der Waals surface area contributed by atoms with Gasteiger partial charge in [0.25, 0.3) is 5.56 Å². The Balaban J connectivity index is 0.000000414. The molecule has 262 valence electrons. The Morgan fingerprint density at radius 3 is 1.45 bits per heavy atom. The number of aromatic amines is 1. The lowest BCUT2D eigenvalue weighted by Crippen LogP contribution is -2.11. The third kappa shape index (κ3) is 15.2. The van der Waals surface area contributed by atoms with Crippen LogP contribution in [0.5, 0.6) is 23.0 Å². The van der Waals surface area contributed by atoms with Gasteiger partial charge < -0.3 is 42.9 Å². The zero-order valence-corrected chi connectivity index (χ0v) is 28.7. The fraction of sp³-hybridized carbons (Fsp3) is 0.448. The Kier molecular flexibility index (Phi) is 21.6. The van der Waals surface area contributed by atoms with Gasteiger partial charge in [0.2, 0.25) is 9.23 Å². The van der Waals surface area contributed by atoms with Gasteiger partial charge in [0.1, 0.15) is 37.9 Å². The summed E-state index contributed by atoms with van der Waals surface area (Å²) in [6.45, 7) is 3.44. The van der Waals surface area contributed by atoms with Crippen molar-refractivity contribution in [3.05, 3.63) is 52.4 Å². The van der Waals surface area contributed by atoms with Crippen molar-refractivity contribution in [2.75, 3.05) is 81.3 Å². The average Bonchev–Trinajstić information content (AvgIpc) is 3.02. The van der Waals surface area contributed by atoms with Crippen LogP contribution in [0.4, 0.5) is 0 Å². The van der Waals surface area contributed by atoms with Crippen LogP contribution in [0.3, 0.4) is 0 Å². The number of fused-ring (bicyclic) bond motifs is 2. The van der Waals surface area contributed by atoms with Crippen LogP contribution in [0, 0.1) is 0 Å². The number of hydrogen-bond acceptors (Lipinski definition) is 13. The molecule has 0 saturated heterocycles. The van der Waals surface area contributed by atoms with Crippen LogP contribution in [0.2, 0.25) is 5.15 Å². The van der Waals surface area contributed by atoms with Gasteiger partial charge in [0.05, 0.1) is 49.2 Å². The quantitative estimate of drug-likeness (QED) is 0.0930. The maximum Gasteiger partial charge on any atom is 0.258 e. The summed E-state index contributed by atoms with van der Waals surface area (Å²) >= 11 is 6.08. The van der Waals surface area contributed by atoms with Crippen molar-refractivity contribution in [3.8, 4) is 23.0 Å². The molecule has 0 aliphatic heterocycles. The Morgan fingerprint density at radius 1 is 0.638 bits per heavy atom. The van der Waals surface area contributed by atoms with Crippen LogP contribution in [0.15, 0.2) is 41.7 Å². The molecule has 0 radical (unpaired) electrons. The molecule has 0 atom stereocenters. The van der Waals surface area contributed by atoms with Gasteiger partial charge in [-0.1, -0.05) is 19.0 Å². The molecule has 0 aliphatic carbocycles. The SMILES string of the molecule is C.COCCOc1cc2nc[nH]c(=O)c2cc1OCCOC.COCCOc1cc2ncnc(Cl)c2cc1OCCOC.O=S(Cl)Cl. The first-order valence-corrected chi connectivity index (χ1v) is 16.6. The highest BCUT2D eigenvalue weighted by atomic mass is 36.0. The van der Waals surface area contributed by atoms with E-state index in [1.54, 1.807) is 52.7 Å². The number of ether oxygens (including phenoxy) is 8. The summed E-state index contributed by atoms with van der Waals surface area (Å²) in [6.07, 6.45) is 2.77. The minimum atomic E-state index is -1.67. The highest BCUT2D eigenvalue weighted by molar-refractivity contribution is 8.26. The van der Waals surface area contributed by atoms with Gasteiger partial charge in [-0.25, -0.2) is 19.2 Å². The zero-order valence-electron chi connectivity index (χ0n) is 25.6. The Labute approximate surface area is 289 Å². The second-order valence-corrected chi connectivity index (χ2v) is 11.5. The molecule has 0 bridgehead atoms. The molecule has 0 amide bonds. The molecule has 2 aromatic carbocycles. The number of rotatable bonds is 16. The lowest BCUT2D eigenvalue weighted by molar-refractivity contribution is 0.132. The van der Waals surface area contributed by atoms with E-state index in [9.17, 15) is 4.79 Å². The highest BCUT2D eigenvalue weighted by Gasteiger charge is 2.12. The van der Waals surface area contributed by atoms with E-state index in [0.29, 0.717) is 103 Å². The minimum Gasteiger partial charge on any atom is -0.487 e. The molecular formula is C29H39Cl3N4O10S. The third-order valence-corrected chi connectivity index (χ3v) is 5.84. The highest BCUT2D eigenvalue weighted by Crippen LogP contribution is 2.34. The smallest absolute Gasteiger partial charge is 0.258 e. The van der Waals surface area contributed by atoms with E-state index in [-0.39, 0.29) is 13.0 Å². The zero-order chi connectivity index (χ0) is 33.7. The number of nitrogens with one attached hydrogen (secondary N) is 1. The van der Waals surface area contributed by atoms with E-state index < -0.39 is 9.23 Å². The van der Waals surface area contributed by atoms with E-state index in [1.807, 2.05) is 0 Å². The number of benzene rings is 2. The van der Waals surface area contributed by atoms with E-state index in [0.717, 1.165) is 0 Å². The maximum absolute atomic E-state index is 11.8. The molecule has 0 aliphatic rings.